The number of esters is 1. The van der Waals surface area contributed by atoms with Crippen LogP contribution in [0.2, 0.25) is 0 Å². The summed E-state index contributed by atoms with van der Waals surface area (Å²) in [4.78, 5) is 23.8. The lowest BCUT2D eigenvalue weighted by Crippen LogP contribution is -2.46. The second kappa shape index (κ2) is 13.2. The molecule has 1 rings (SSSR count). The van der Waals surface area contributed by atoms with E-state index in [9.17, 15) is 14.7 Å². The summed E-state index contributed by atoms with van der Waals surface area (Å²) in [7, 11) is 1.24. The Morgan fingerprint density at radius 1 is 1.17 bits per heavy atom. The molecule has 8 nitrogen and oxygen atoms in total. The van der Waals surface area contributed by atoms with Crippen molar-refractivity contribution in [1.29, 1.82) is 0 Å². The van der Waals surface area contributed by atoms with Gasteiger partial charge in [0.1, 0.15) is 5.60 Å². The van der Waals surface area contributed by atoms with E-state index in [4.69, 9.17) is 18.9 Å². The molecule has 1 aromatic rings. The van der Waals surface area contributed by atoms with Gasteiger partial charge in [-0.25, -0.2) is 9.59 Å². The minimum Gasteiger partial charge on any atom is -0.467 e. The molecule has 0 saturated carbocycles. The first kappa shape index (κ1) is 25.9. The molecule has 3 atom stereocenters. The van der Waals surface area contributed by atoms with E-state index in [1.807, 2.05) is 30.3 Å². The number of benzene rings is 1. The van der Waals surface area contributed by atoms with Crippen molar-refractivity contribution in [3.63, 3.8) is 0 Å². The number of methoxy groups -OCH3 is 1. The summed E-state index contributed by atoms with van der Waals surface area (Å²) in [5, 5.41) is 12.2. The van der Waals surface area contributed by atoms with Gasteiger partial charge in [-0.3, -0.25) is 0 Å². The molecule has 1 aromatic carbocycles. The van der Waals surface area contributed by atoms with Crippen molar-refractivity contribution in [2.75, 3.05) is 20.3 Å². The van der Waals surface area contributed by atoms with Crippen LogP contribution in [-0.2, 0) is 30.3 Å². The quantitative estimate of drug-likeness (QED) is 0.392. The van der Waals surface area contributed by atoms with Gasteiger partial charge in [0.25, 0.3) is 0 Å². The van der Waals surface area contributed by atoms with Crippen molar-refractivity contribution in [2.24, 2.45) is 0 Å². The molecule has 0 heterocycles. The Morgan fingerprint density at radius 3 is 2.40 bits per heavy atom. The molecule has 0 radical (unpaired) electrons. The van der Waals surface area contributed by atoms with Gasteiger partial charge in [-0.1, -0.05) is 30.3 Å². The Morgan fingerprint density at radius 2 is 1.83 bits per heavy atom. The number of hydrogen-bond acceptors (Lipinski definition) is 7. The standard InChI is InChI=1S/C22H35NO7/c1-16(24)13-18(29-14-17-9-7-6-8-10-17)11-12-28-15-19(20(25)27-5)23-21(26)30-22(2,3)4/h6-10,16,18-19,24H,11-15H2,1-5H3,(H,23,26)/t16?,18?,19-/m0/s1. The number of aliphatic hydroxyl groups is 1. The van der Waals surface area contributed by atoms with Crippen LogP contribution in [0.1, 0.15) is 46.1 Å². The van der Waals surface area contributed by atoms with Crippen LogP contribution in [0.3, 0.4) is 0 Å². The number of carbonyl (C=O) groups excluding carboxylic acids is 2. The number of ether oxygens (including phenoxy) is 4. The normalized spacial score (nSPS) is 14.5. The van der Waals surface area contributed by atoms with Gasteiger partial charge in [-0.05, 0) is 46.1 Å². The molecule has 0 spiro atoms. The highest BCUT2D eigenvalue weighted by Crippen LogP contribution is 2.12. The first-order valence-corrected chi connectivity index (χ1v) is 10.1. The number of carbonyl (C=O) groups is 2. The predicted molar refractivity (Wildman–Crippen MR) is 112 cm³/mol. The summed E-state index contributed by atoms with van der Waals surface area (Å²) in [6.45, 7) is 7.55. The molecule has 2 N–H and O–H groups in total. The highest BCUT2D eigenvalue weighted by molar-refractivity contribution is 5.81. The zero-order chi connectivity index (χ0) is 22.6. The maximum Gasteiger partial charge on any atom is 0.408 e. The van der Waals surface area contributed by atoms with Crippen LogP contribution >= 0.6 is 0 Å². The van der Waals surface area contributed by atoms with E-state index in [-0.39, 0.29) is 19.3 Å². The van der Waals surface area contributed by atoms with E-state index >= 15 is 0 Å². The van der Waals surface area contributed by atoms with Crippen molar-refractivity contribution in [2.45, 2.75) is 71.0 Å². The van der Waals surface area contributed by atoms with E-state index in [0.717, 1.165) is 5.56 Å². The number of nitrogens with one attached hydrogen (secondary N) is 1. The second-order valence-electron chi connectivity index (χ2n) is 8.09. The van der Waals surface area contributed by atoms with Gasteiger partial charge in [-0.2, -0.15) is 0 Å². The van der Waals surface area contributed by atoms with E-state index < -0.39 is 29.8 Å². The Hall–Kier alpha value is -2.16. The number of rotatable bonds is 12. The molecule has 0 aliphatic heterocycles. The van der Waals surface area contributed by atoms with E-state index in [2.05, 4.69) is 5.32 Å². The third-order valence-corrected chi connectivity index (χ3v) is 3.98. The minimum absolute atomic E-state index is 0.0635. The van der Waals surface area contributed by atoms with Crippen LogP contribution < -0.4 is 5.32 Å². The molecule has 0 aromatic heterocycles. The largest absolute Gasteiger partial charge is 0.467 e. The number of amides is 1. The van der Waals surface area contributed by atoms with Gasteiger partial charge in [0.2, 0.25) is 0 Å². The second-order valence-corrected chi connectivity index (χ2v) is 8.09. The number of hydrogen-bond donors (Lipinski definition) is 2. The van der Waals surface area contributed by atoms with Crippen LogP contribution in [0.15, 0.2) is 30.3 Å². The van der Waals surface area contributed by atoms with Crippen LogP contribution in [0.25, 0.3) is 0 Å². The average Bonchev–Trinajstić information content (AvgIpc) is 2.66. The van der Waals surface area contributed by atoms with Gasteiger partial charge in [0, 0.05) is 6.61 Å². The van der Waals surface area contributed by atoms with Crippen molar-refractivity contribution in [3.05, 3.63) is 35.9 Å². The third-order valence-electron chi connectivity index (χ3n) is 3.98. The molecule has 8 heteroatoms. The van der Waals surface area contributed by atoms with Gasteiger partial charge >= 0.3 is 12.1 Å². The van der Waals surface area contributed by atoms with E-state index in [0.29, 0.717) is 19.4 Å². The summed E-state index contributed by atoms with van der Waals surface area (Å²) >= 11 is 0. The maximum atomic E-state index is 11.9. The average molecular weight is 426 g/mol. The summed E-state index contributed by atoms with van der Waals surface area (Å²) in [5.41, 5.74) is 0.358. The Bertz CT molecular complexity index is 628. The zero-order valence-electron chi connectivity index (χ0n) is 18.6. The number of aliphatic hydroxyl groups excluding tert-OH is 1. The topological polar surface area (TPSA) is 103 Å². The molecule has 30 heavy (non-hydrogen) atoms. The SMILES string of the molecule is COC(=O)[C@H](COCCC(CC(C)O)OCc1ccccc1)NC(=O)OC(C)(C)C. The van der Waals surface area contributed by atoms with Gasteiger partial charge < -0.3 is 29.4 Å². The Labute approximate surface area is 178 Å². The van der Waals surface area contributed by atoms with Crippen molar-refractivity contribution >= 4 is 12.1 Å². The fourth-order valence-electron chi connectivity index (χ4n) is 2.61. The molecular formula is C22H35NO7. The molecule has 0 bridgehead atoms. The summed E-state index contributed by atoms with van der Waals surface area (Å²) in [5.74, 6) is -0.623. The molecule has 0 fully saturated rings. The summed E-state index contributed by atoms with van der Waals surface area (Å²) in [6.07, 6.45) is -0.451. The van der Waals surface area contributed by atoms with Gasteiger partial charge in [0.15, 0.2) is 6.04 Å². The summed E-state index contributed by atoms with van der Waals surface area (Å²) < 4.78 is 21.4. The smallest absolute Gasteiger partial charge is 0.408 e. The first-order valence-electron chi connectivity index (χ1n) is 10.1. The third kappa shape index (κ3) is 11.7. The highest BCUT2D eigenvalue weighted by Gasteiger charge is 2.25. The number of alkyl carbamates (subject to hydrolysis) is 1. The van der Waals surface area contributed by atoms with Crippen molar-refractivity contribution < 1.29 is 33.6 Å². The fourth-order valence-corrected chi connectivity index (χ4v) is 2.61. The van der Waals surface area contributed by atoms with Crippen LogP contribution in [0.5, 0.6) is 0 Å². The van der Waals surface area contributed by atoms with E-state index in [1.54, 1.807) is 27.7 Å². The fraction of sp³-hybridized carbons (Fsp3) is 0.636. The van der Waals surface area contributed by atoms with Gasteiger partial charge in [0.05, 0.1) is 32.5 Å². The van der Waals surface area contributed by atoms with E-state index in [1.165, 1.54) is 7.11 Å². The Kier molecular flexibility index (Phi) is 11.4. The molecule has 1 amide bonds. The molecule has 0 saturated heterocycles. The highest BCUT2D eigenvalue weighted by atomic mass is 16.6. The zero-order valence-corrected chi connectivity index (χ0v) is 18.6. The molecule has 170 valence electrons. The van der Waals surface area contributed by atoms with Crippen molar-refractivity contribution in [1.82, 2.24) is 5.32 Å². The van der Waals surface area contributed by atoms with Crippen molar-refractivity contribution in [3.8, 4) is 0 Å². The minimum atomic E-state index is -0.981. The maximum absolute atomic E-state index is 11.9. The Balaban J connectivity index is 2.49. The molecule has 2 unspecified atom stereocenters. The van der Waals surface area contributed by atoms with Gasteiger partial charge in [-0.15, -0.1) is 0 Å². The van der Waals surface area contributed by atoms with Crippen LogP contribution in [0.4, 0.5) is 4.79 Å². The first-order chi connectivity index (χ1) is 14.1. The van der Waals surface area contributed by atoms with Crippen LogP contribution in [-0.4, -0.2) is 61.3 Å². The molecular weight excluding hydrogens is 390 g/mol. The lowest BCUT2D eigenvalue weighted by molar-refractivity contribution is -0.144. The molecule has 0 aliphatic rings. The molecule has 0 aliphatic carbocycles. The summed E-state index contributed by atoms with van der Waals surface area (Å²) in [6, 6.07) is 8.78. The lowest BCUT2D eigenvalue weighted by Gasteiger charge is -2.23. The van der Waals surface area contributed by atoms with Crippen LogP contribution in [0, 0.1) is 0 Å². The predicted octanol–water partition coefficient (Wildman–Crippen LogP) is 2.82. The lowest BCUT2D eigenvalue weighted by atomic mass is 10.1. The monoisotopic (exact) mass is 425 g/mol.